The van der Waals surface area contributed by atoms with Crippen molar-refractivity contribution in [1.82, 2.24) is 4.90 Å². The molecular formula is C9H17NO3. The molecule has 1 amide bonds. The van der Waals surface area contributed by atoms with Gasteiger partial charge in [-0.25, -0.2) is 0 Å². The quantitative estimate of drug-likeness (QED) is 0.618. The van der Waals surface area contributed by atoms with Gasteiger partial charge in [-0.2, -0.15) is 0 Å². The van der Waals surface area contributed by atoms with Crippen molar-refractivity contribution in [3.8, 4) is 0 Å². The summed E-state index contributed by atoms with van der Waals surface area (Å²) in [7, 11) is 0. The van der Waals surface area contributed by atoms with Gasteiger partial charge in [0.25, 0.3) is 0 Å². The Hall–Kier alpha value is -0.610. The molecular weight excluding hydrogens is 170 g/mol. The van der Waals surface area contributed by atoms with Crippen molar-refractivity contribution in [3.05, 3.63) is 0 Å². The van der Waals surface area contributed by atoms with Crippen molar-refractivity contribution in [2.75, 3.05) is 19.7 Å². The Bertz CT molecular complexity index is 203. The molecule has 0 aromatic carbocycles. The number of aliphatic hydroxyl groups excluding tert-OH is 2. The number of β-amino-alcohol motifs (C(OH)–C–C–N with tert-alkyl or cyclic N) is 1. The topological polar surface area (TPSA) is 60.8 Å². The number of hydrogen-bond acceptors (Lipinski definition) is 3. The van der Waals surface area contributed by atoms with Gasteiger partial charge in [0.2, 0.25) is 5.91 Å². The first-order valence-corrected chi connectivity index (χ1v) is 4.55. The molecule has 0 saturated carbocycles. The Balaban J connectivity index is 2.58. The van der Waals surface area contributed by atoms with Gasteiger partial charge in [-0.3, -0.25) is 4.79 Å². The summed E-state index contributed by atoms with van der Waals surface area (Å²) in [6, 6.07) is 0. The van der Waals surface area contributed by atoms with Crippen molar-refractivity contribution in [1.29, 1.82) is 0 Å². The predicted octanol–water partition coefficient (Wildman–Crippen LogP) is -0.402. The van der Waals surface area contributed by atoms with Crippen LogP contribution in [0, 0.1) is 5.41 Å². The van der Waals surface area contributed by atoms with E-state index >= 15 is 0 Å². The van der Waals surface area contributed by atoms with Gasteiger partial charge in [-0.1, -0.05) is 0 Å². The van der Waals surface area contributed by atoms with E-state index in [2.05, 4.69) is 0 Å². The summed E-state index contributed by atoms with van der Waals surface area (Å²) in [6.07, 6.45) is 0.256. The average Bonchev–Trinajstić information content (AvgIpc) is 2.50. The van der Waals surface area contributed by atoms with Crippen LogP contribution < -0.4 is 0 Å². The van der Waals surface area contributed by atoms with E-state index in [9.17, 15) is 9.90 Å². The molecule has 0 aliphatic carbocycles. The second-order valence-electron chi connectivity index (χ2n) is 4.24. The summed E-state index contributed by atoms with van der Waals surface area (Å²) < 4.78 is 0. The normalized spacial score (nSPS) is 23.7. The van der Waals surface area contributed by atoms with Crippen LogP contribution in [0.1, 0.15) is 20.3 Å². The van der Waals surface area contributed by atoms with E-state index in [1.54, 1.807) is 18.7 Å². The molecule has 1 saturated heterocycles. The van der Waals surface area contributed by atoms with Crippen LogP contribution in [0.5, 0.6) is 0 Å². The third kappa shape index (κ3) is 2.19. The Morgan fingerprint density at radius 2 is 2.23 bits per heavy atom. The summed E-state index contributed by atoms with van der Waals surface area (Å²) in [4.78, 5) is 13.3. The minimum Gasteiger partial charge on any atom is -0.395 e. The highest BCUT2D eigenvalue weighted by atomic mass is 16.3. The first-order chi connectivity index (χ1) is 5.97. The van der Waals surface area contributed by atoms with Crippen molar-refractivity contribution in [3.63, 3.8) is 0 Å². The molecule has 0 bridgehead atoms. The van der Waals surface area contributed by atoms with E-state index in [4.69, 9.17) is 5.11 Å². The van der Waals surface area contributed by atoms with Crippen LogP contribution in [-0.4, -0.2) is 46.8 Å². The van der Waals surface area contributed by atoms with E-state index in [1.165, 1.54) is 0 Å². The summed E-state index contributed by atoms with van der Waals surface area (Å²) in [6.45, 7) is 4.27. The maximum atomic E-state index is 11.7. The third-order valence-corrected chi connectivity index (χ3v) is 2.42. The molecule has 1 aliphatic heterocycles. The van der Waals surface area contributed by atoms with E-state index < -0.39 is 11.5 Å². The summed E-state index contributed by atoms with van der Waals surface area (Å²) >= 11 is 0. The minimum atomic E-state index is -0.718. The Labute approximate surface area is 78.2 Å². The molecule has 2 N–H and O–H groups in total. The smallest absolute Gasteiger partial charge is 0.230 e. The monoisotopic (exact) mass is 187 g/mol. The van der Waals surface area contributed by atoms with Crippen LogP contribution in [0.3, 0.4) is 0 Å². The highest BCUT2D eigenvalue weighted by Crippen LogP contribution is 2.21. The molecule has 1 rings (SSSR count). The van der Waals surface area contributed by atoms with Gasteiger partial charge in [0.1, 0.15) is 0 Å². The van der Waals surface area contributed by atoms with E-state index in [0.717, 1.165) is 0 Å². The maximum absolute atomic E-state index is 11.7. The molecule has 1 aliphatic rings. The Kier molecular flexibility index (Phi) is 2.93. The van der Waals surface area contributed by atoms with Gasteiger partial charge < -0.3 is 15.1 Å². The minimum absolute atomic E-state index is 0.0773. The predicted molar refractivity (Wildman–Crippen MR) is 48.1 cm³/mol. The lowest BCUT2D eigenvalue weighted by Gasteiger charge is -2.27. The molecule has 0 radical (unpaired) electrons. The van der Waals surface area contributed by atoms with E-state index in [1.807, 2.05) is 0 Å². The van der Waals surface area contributed by atoms with Gasteiger partial charge in [-0.15, -0.1) is 0 Å². The fourth-order valence-electron chi connectivity index (χ4n) is 1.42. The van der Waals surface area contributed by atoms with Crippen LogP contribution in [0.2, 0.25) is 0 Å². The van der Waals surface area contributed by atoms with Crippen molar-refractivity contribution in [2.45, 2.75) is 26.4 Å². The highest BCUT2D eigenvalue weighted by Gasteiger charge is 2.34. The van der Waals surface area contributed by atoms with Crippen LogP contribution in [0.25, 0.3) is 0 Å². The molecule has 0 aromatic heterocycles. The highest BCUT2D eigenvalue weighted by molar-refractivity contribution is 5.82. The summed E-state index contributed by atoms with van der Waals surface area (Å²) in [5.74, 6) is -0.0773. The second kappa shape index (κ2) is 3.64. The zero-order chi connectivity index (χ0) is 10.1. The second-order valence-corrected chi connectivity index (χ2v) is 4.24. The number of likely N-dealkylation sites (tertiary alicyclic amines) is 1. The number of rotatable bonds is 2. The molecule has 0 spiro atoms. The van der Waals surface area contributed by atoms with Crippen LogP contribution in [0.4, 0.5) is 0 Å². The number of carbonyl (C=O) groups is 1. The number of nitrogens with zero attached hydrogens (tertiary/aromatic N) is 1. The fourth-order valence-corrected chi connectivity index (χ4v) is 1.42. The van der Waals surface area contributed by atoms with Crippen molar-refractivity contribution in [2.24, 2.45) is 5.41 Å². The van der Waals surface area contributed by atoms with E-state index in [-0.39, 0.29) is 12.5 Å². The molecule has 4 heteroatoms. The number of amides is 1. The molecule has 1 atom stereocenters. The van der Waals surface area contributed by atoms with Crippen LogP contribution in [-0.2, 0) is 4.79 Å². The lowest BCUT2D eigenvalue weighted by molar-refractivity contribution is -0.141. The van der Waals surface area contributed by atoms with Gasteiger partial charge >= 0.3 is 0 Å². The number of hydrogen-bond donors (Lipinski definition) is 2. The zero-order valence-corrected chi connectivity index (χ0v) is 8.16. The first-order valence-electron chi connectivity index (χ1n) is 4.55. The molecule has 76 valence electrons. The standard InChI is InChI=1S/C9H17NO3/c1-9(2,6-11)8(13)10-4-3-7(12)5-10/h7,11-12H,3-6H2,1-2H3/t7-/m1/s1. The largest absolute Gasteiger partial charge is 0.395 e. The molecule has 0 unspecified atom stereocenters. The zero-order valence-electron chi connectivity index (χ0n) is 8.16. The van der Waals surface area contributed by atoms with Gasteiger partial charge in [0.15, 0.2) is 0 Å². The van der Waals surface area contributed by atoms with Crippen molar-refractivity contribution >= 4 is 5.91 Å². The van der Waals surface area contributed by atoms with Gasteiger partial charge in [0, 0.05) is 13.1 Å². The molecule has 1 heterocycles. The lowest BCUT2D eigenvalue weighted by atomic mass is 9.93. The number of aliphatic hydroxyl groups is 2. The van der Waals surface area contributed by atoms with Gasteiger partial charge in [-0.05, 0) is 20.3 Å². The number of carbonyl (C=O) groups excluding carboxylic acids is 1. The van der Waals surface area contributed by atoms with Gasteiger partial charge in [0.05, 0.1) is 18.1 Å². The molecule has 0 aromatic rings. The summed E-state index contributed by atoms with van der Waals surface area (Å²) in [5, 5.41) is 18.2. The van der Waals surface area contributed by atoms with Crippen LogP contribution >= 0.6 is 0 Å². The van der Waals surface area contributed by atoms with Crippen LogP contribution in [0.15, 0.2) is 0 Å². The SMILES string of the molecule is CC(C)(CO)C(=O)N1CC[C@@H](O)C1. The summed E-state index contributed by atoms with van der Waals surface area (Å²) in [5.41, 5.74) is -0.718. The first kappa shape index (κ1) is 10.5. The maximum Gasteiger partial charge on any atom is 0.230 e. The molecule has 13 heavy (non-hydrogen) atoms. The third-order valence-electron chi connectivity index (χ3n) is 2.42. The molecule has 4 nitrogen and oxygen atoms in total. The lowest BCUT2D eigenvalue weighted by Crippen LogP contribution is -2.41. The Morgan fingerprint density at radius 3 is 2.62 bits per heavy atom. The Morgan fingerprint density at radius 1 is 1.62 bits per heavy atom. The fraction of sp³-hybridized carbons (Fsp3) is 0.889. The van der Waals surface area contributed by atoms with Crippen molar-refractivity contribution < 1.29 is 15.0 Å². The van der Waals surface area contributed by atoms with E-state index in [0.29, 0.717) is 19.5 Å². The molecule has 1 fully saturated rings. The average molecular weight is 187 g/mol.